The van der Waals surface area contributed by atoms with Crippen LogP contribution in [-0.2, 0) is 56.0 Å². The summed E-state index contributed by atoms with van der Waals surface area (Å²) in [5.74, 6) is -8.34. The van der Waals surface area contributed by atoms with Gasteiger partial charge in [-0.2, -0.15) is 11.8 Å². The number of nitrogens with one attached hydrogen (secondary N) is 7. The largest absolute Gasteiger partial charge is 0.502 e. The van der Waals surface area contributed by atoms with Crippen LogP contribution in [0.4, 0.5) is 5.69 Å². The number of hydrogen-bond donors (Lipinski definition) is 11. The van der Waals surface area contributed by atoms with Crippen molar-refractivity contribution in [2.45, 2.75) is 115 Å². The van der Waals surface area contributed by atoms with Gasteiger partial charge in [-0.15, -0.1) is 0 Å². The van der Waals surface area contributed by atoms with E-state index in [0.29, 0.717) is 24.0 Å². The highest BCUT2D eigenvalue weighted by Gasteiger charge is 2.35. The number of amides is 8. The fraction of sp³-hybridized carbons (Fsp3) is 0.500. The number of benzene rings is 2. The predicted molar refractivity (Wildman–Crippen MR) is 241 cm³/mol. The molecule has 9 atom stereocenters. The molecule has 0 aliphatic rings. The monoisotopic (exact) mass is 944 g/mol. The molecule has 0 heterocycles. The van der Waals surface area contributed by atoms with Gasteiger partial charge in [0.25, 0.3) is 0 Å². The van der Waals surface area contributed by atoms with Crippen LogP contribution >= 0.6 is 11.8 Å². The van der Waals surface area contributed by atoms with Crippen molar-refractivity contribution in [1.82, 2.24) is 37.2 Å². The maximum Gasteiger partial charge on any atom is 0.310 e. The van der Waals surface area contributed by atoms with E-state index in [-0.39, 0.29) is 12.0 Å². The number of phenolic OH excluding ortho intramolecular Hbond substituents is 1. The molecular weight excluding hydrogens is 885 g/mol. The van der Waals surface area contributed by atoms with Gasteiger partial charge in [0.15, 0.2) is 5.75 Å². The number of rotatable bonds is 27. The average molecular weight is 945 g/mol. The van der Waals surface area contributed by atoms with E-state index in [9.17, 15) is 63.5 Å². The van der Waals surface area contributed by atoms with Gasteiger partial charge in [0.05, 0.1) is 29.5 Å². The number of thioether (sulfide) groups is 1. The highest BCUT2D eigenvalue weighted by Crippen LogP contribution is 2.27. The molecule has 0 saturated heterocycles. The summed E-state index contributed by atoms with van der Waals surface area (Å²) in [5.41, 5.74) is 11.0. The molecule has 0 aliphatic carbocycles. The molecule has 0 unspecified atom stereocenters. The molecule has 2 aromatic rings. The molecule has 13 N–H and O–H groups in total. The second-order valence-electron chi connectivity index (χ2n) is 15.8. The zero-order chi connectivity index (χ0) is 49.8. The quantitative estimate of drug-likeness (QED) is 0.0255. The predicted octanol–water partition coefficient (Wildman–Crippen LogP) is -2.29. The van der Waals surface area contributed by atoms with Gasteiger partial charge in [0.2, 0.25) is 47.3 Å². The zero-order valence-corrected chi connectivity index (χ0v) is 38.2. The number of nitro groups is 1. The van der Waals surface area contributed by atoms with Crippen molar-refractivity contribution in [3.63, 3.8) is 0 Å². The van der Waals surface area contributed by atoms with Crippen LogP contribution < -0.4 is 48.7 Å². The standard InChI is InChI=1S/C42H60N10O13S/c1-21(2)34(50-36(57)22(3)43)41(62)49-29(17-26-12-13-32(55)31(18-26)52(64)65)39(60)48-30(19-33(44)56)40(61)47-28(16-25-10-8-7-9-11-25)38(59)45-23(4)37(58)51-35(24(5)54)42(63)46-27(20-53)14-15-66-6/h7-13,18,20-24,27-30,34-35,54-55H,14-17,19,43H2,1-6H3,(H2,44,56)(H,45,59)(H,46,63)(H,47,61)(H,48,60)(H,49,62)(H,50,57)(H,51,58)/t22-,23-,24+,27-,28-,29-,30-,34-,35-/m0/s1. The van der Waals surface area contributed by atoms with E-state index in [1.807, 2.05) is 6.26 Å². The lowest BCUT2D eigenvalue weighted by molar-refractivity contribution is -0.385. The number of carbonyl (C=O) groups excluding carboxylic acids is 9. The lowest BCUT2D eigenvalue weighted by Gasteiger charge is -2.28. The third kappa shape index (κ3) is 18.1. The number of aldehydes is 1. The summed E-state index contributed by atoms with van der Waals surface area (Å²) in [6.45, 7) is 7.07. The number of hydrogen-bond acceptors (Lipinski definition) is 15. The molecule has 2 rings (SSSR count). The molecule has 0 aliphatic heterocycles. The minimum atomic E-state index is -1.81. The van der Waals surface area contributed by atoms with Crippen LogP contribution in [0.1, 0.15) is 58.6 Å². The Kier molecular flexibility index (Phi) is 22.7. The molecule has 66 heavy (non-hydrogen) atoms. The topological polar surface area (TPSA) is 373 Å². The van der Waals surface area contributed by atoms with E-state index in [0.717, 1.165) is 12.1 Å². The van der Waals surface area contributed by atoms with Crippen LogP contribution in [0.15, 0.2) is 48.5 Å². The second-order valence-corrected chi connectivity index (χ2v) is 16.8. The lowest BCUT2D eigenvalue weighted by atomic mass is 9.99. The molecule has 23 nitrogen and oxygen atoms in total. The first-order valence-electron chi connectivity index (χ1n) is 20.8. The zero-order valence-electron chi connectivity index (χ0n) is 37.4. The number of nitro benzene ring substituents is 1. The van der Waals surface area contributed by atoms with Crippen LogP contribution in [0.5, 0.6) is 5.75 Å². The smallest absolute Gasteiger partial charge is 0.310 e. The van der Waals surface area contributed by atoms with E-state index in [1.165, 1.54) is 38.6 Å². The summed E-state index contributed by atoms with van der Waals surface area (Å²) < 4.78 is 0. The van der Waals surface area contributed by atoms with Gasteiger partial charge in [0.1, 0.15) is 42.5 Å². The molecule has 0 bridgehead atoms. The Hall–Kier alpha value is -6.66. The molecule has 24 heteroatoms. The summed E-state index contributed by atoms with van der Waals surface area (Å²) in [4.78, 5) is 129. The number of aliphatic hydroxyl groups is 1. The van der Waals surface area contributed by atoms with Gasteiger partial charge in [0, 0.05) is 18.9 Å². The number of phenols is 1. The molecular formula is C42H60N10O13S. The first kappa shape index (κ1) is 55.5. The van der Waals surface area contributed by atoms with Gasteiger partial charge in [-0.1, -0.05) is 50.2 Å². The van der Waals surface area contributed by atoms with E-state index < -0.39 is 137 Å². The van der Waals surface area contributed by atoms with Crippen molar-refractivity contribution in [3.8, 4) is 5.75 Å². The van der Waals surface area contributed by atoms with Crippen molar-refractivity contribution in [2.75, 3.05) is 12.0 Å². The van der Waals surface area contributed by atoms with Gasteiger partial charge in [-0.3, -0.25) is 48.5 Å². The van der Waals surface area contributed by atoms with Crippen molar-refractivity contribution in [1.29, 1.82) is 0 Å². The Morgan fingerprint density at radius 2 is 1.24 bits per heavy atom. The van der Waals surface area contributed by atoms with E-state index >= 15 is 0 Å². The van der Waals surface area contributed by atoms with Gasteiger partial charge < -0.3 is 63.7 Å². The molecule has 362 valence electrons. The molecule has 0 spiro atoms. The highest BCUT2D eigenvalue weighted by atomic mass is 32.2. The lowest BCUT2D eigenvalue weighted by Crippen LogP contribution is -2.61. The van der Waals surface area contributed by atoms with E-state index in [4.69, 9.17) is 11.5 Å². The Morgan fingerprint density at radius 1 is 0.712 bits per heavy atom. The van der Waals surface area contributed by atoms with Gasteiger partial charge in [-0.25, -0.2) is 0 Å². The Morgan fingerprint density at radius 3 is 1.77 bits per heavy atom. The van der Waals surface area contributed by atoms with Crippen LogP contribution in [0.2, 0.25) is 0 Å². The van der Waals surface area contributed by atoms with Crippen LogP contribution in [0.25, 0.3) is 0 Å². The van der Waals surface area contributed by atoms with E-state index in [1.54, 1.807) is 44.2 Å². The average Bonchev–Trinajstić information content (AvgIpc) is 3.25. The third-order valence-corrected chi connectivity index (χ3v) is 10.5. The number of nitrogens with zero attached hydrogens (tertiary/aromatic N) is 1. The van der Waals surface area contributed by atoms with Gasteiger partial charge >= 0.3 is 5.69 Å². The summed E-state index contributed by atoms with van der Waals surface area (Å²) in [7, 11) is 0. The second kappa shape index (κ2) is 27.0. The number of aliphatic hydroxyl groups excluding tert-OH is 1. The SMILES string of the molecule is CSCC[C@@H](C=O)NC(=O)[C@@H](NC(=O)[C@H](C)NC(=O)[C@H](Cc1ccccc1)NC(=O)[C@H](CC(N)=O)NC(=O)[C@H](Cc1ccc(O)c([N+](=O)[O-])c1)NC(=O)[C@@H](NC(=O)[C@H](C)N)C(C)C)[C@@H](C)O. The van der Waals surface area contributed by atoms with E-state index in [2.05, 4.69) is 37.2 Å². The number of primary amides is 1. The molecule has 0 radical (unpaired) electrons. The minimum Gasteiger partial charge on any atom is -0.502 e. The fourth-order valence-corrected chi connectivity index (χ4v) is 6.63. The van der Waals surface area contributed by atoms with Crippen LogP contribution in [0.3, 0.4) is 0 Å². The van der Waals surface area contributed by atoms with Crippen molar-refractivity contribution >= 4 is 71.0 Å². The van der Waals surface area contributed by atoms with Crippen molar-refractivity contribution < 1.29 is 58.3 Å². The summed E-state index contributed by atoms with van der Waals surface area (Å²) in [6.07, 6.45) is -0.331. The van der Waals surface area contributed by atoms with Crippen molar-refractivity contribution in [3.05, 3.63) is 69.8 Å². The third-order valence-electron chi connectivity index (χ3n) is 9.86. The minimum absolute atomic E-state index is 0.0611. The number of nitrogens with two attached hydrogens (primary N) is 2. The summed E-state index contributed by atoms with van der Waals surface area (Å²) >= 11 is 1.44. The Bertz CT molecular complexity index is 2060. The first-order valence-corrected chi connectivity index (χ1v) is 22.2. The fourth-order valence-electron chi connectivity index (χ4n) is 6.14. The summed E-state index contributed by atoms with van der Waals surface area (Å²) in [5, 5.41) is 49.0. The van der Waals surface area contributed by atoms with Crippen molar-refractivity contribution in [2.24, 2.45) is 17.4 Å². The molecule has 0 saturated carbocycles. The van der Waals surface area contributed by atoms with Crippen LogP contribution in [-0.4, -0.2) is 135 Å². The maximum absolute atomic E-state index is 14.1. The highest BCUT2D eigenvalue weighted by molar-refractivity contribution is 7.98. The summed E-state index contributed by atoms with van der Waals surface area (Å²) in [6, 6.07) is 0.383. The molecule has 0 fully saturated rings. The Balaban J connectivity index is 2.46. The molecule has 2 aromatic carbocycles. The first-order chi connectivity index (χ1) is 31.0. The maximum atomic E-state index is 14.1. The number of carbonyl (C=O) groups is 9. The Labute approximate surface area is 385 Å². The molecule has 0 aromatic heterocycles. The number of aromatic hydroxyl groups is 1. The normalized spacial score (nSPS) is 15.1. The van der Waals surface area contributed by atoms with Gasteiger partial charge in [-0.05, 0) is 62.3 Å². The van der Waals surface area contributed by atoms with Crippen LogP contribution in [0, 0.1) is 16.0 Å². The molecule has 8 amide bonds.